The Morgan fingerprint density at radius 3 is 2.48 bits per heavy atom. The fraction of sp³-hybridized carbons (Fsp3) is 0.130. The van der Waals surface area contributed by atoms with Gasteiger partial charge in [-0.1, -0.05) is 42.5 Å². The molecular weight excluding hydrogens is 412 g/mol. The second-order valence-electron chi connectivity index (χ2n) is 6.84. The Bertz CT molecular complexity index is 1200. The summed E-state index contributed by atoms with van der Waals surface area (Å²) in [4.78, 5) is 30.4. The Morgan fingerprint density at radius 1 is 1.03 bits per heavy atom. The molecule has 0 bridgehead atoms. The van der Waals surface area contributed by atoms with Gasteiger partial charge in [-0.2, -0.15) is 4.98 Å². The van der Waals surface area contributed by atoms with Crippen LogP contribution in [0.3, 0.4) is 0 Å². The molecule has 156 valence electrons. The Labute approximate surface area is 183 Å². The van der Waals surface area contributed by atoms with Gasteiger partial charge in [0.05, 0.1) is 10.6 Å². The molecule has 0 aliphatic heterocycles. The molecule has 8 heteroatoms. The van der Waals surface area contributed by atoms with Crippen molar-refractivity contribution >= 4 is 28.9 Å². The number of aryl methyl sites for hydroxylation is 1. The maximum Gasteiger partial charge on any atom is 0.379 e. The highest BCUT2D eigenvalue weighted by Gasteiger charge is 2.25. The van der Waals surface area contributed by atoms with Gasteiger partial charge in [-0.05, 0) is 49.1 Å². The first kappa shape index (κ1) is 20.5. The van der Waals surface area contributed by atoms with Crippen LogP contribution in [0.2, 0.25) is 0 Å². The van der Waals surface area contributed by atoms with Crippen molar-refractivity contribution in [3.8, 4) is 16.4 Å². The molecule has 2 heterocycles. The number of hydrogen-bond acceptors (Lipinski definition) is 6. The van der Waals surface area contributed by atoms with Crippen LogP contribution >= 0.6 is 11.3 Å². The third-order valence-corrected chi connectivity index (χ3v) is 5.45. The Kier molecular flexibility index (Phi) is 5.90. The number of anilines is 1. The number of amides is 1. The molecule has 0 saturated heterocycles. The van der Waals surface area contributed by atoms with Crippen molar-refractivity contribution in [3.63, 3.8) is 0 Å². The number of nitrogens with zero attached hydrogens (tertiary/aromatic N) is 3. The SMILES string of the molecule is Cc1ccccc1NC(=O)C(C)OC(=O)c1nc(-c2cccs2)n(-c2ccccc2)n1. The standard InChI is InChI=1S/C23H20N4O3S/c1-15-9-6-7-12-18(15)24-22(28)16(2)30-23(29)20-25-21(19-13-8-14-31-19)27(26-20)17-10-4-3-5-11-17/h3-14,16H,1-2H3,(H,24,28). The van der Waals surface area contributed by atoms with Crippen molar-refractivity contribution in [1.82, 2.24) is 14.8 Å². The molecule has 0 fully saturated rings. The summed E-state index contributed by atoms with van der Waals surface area (Å²) in [5.74, 6) is -0.767. The van der Waals surface area contributed by atoms with Crippen molar-refractivity contribution in [3.05, 3.63) is 83.5 Å². The van der Waals surface area contributed by atoms with E-state index in [1.54, 1.807) is 10.7 Å². The average Bonchev–Trinajstić information content (AvgIpc) is 3.46. The molecule has 0 aliphatic carbocycles. The third kappa shape index (κ3) is 4.54. The topological polar surface area (TPSA) is 86.1 Å². The lowest BCUT2D eigenvalue weighted by Gasteiger charge is -2.13. The number of carbonyl (C=O) groups is 2. The highest BCUT2D eigenvalue weighted by molar-refractivity contribution is 7.13. The molecule has 1 amide bonds. The normalized spacial score (nSPS) is 11.7. The van der Waals surface area contributed by atoms with Crippen LogP contribution in [0.5, 0.6) is 0 Å². The maximum absolute atomic E-state index is 12.7. The largest absolute Gasteiger partial charge is 0.447 e. The molecular formula is C23H20N4O3S. The quantitative estimate of drug-likeness (QED) is 0.454. The molecule has 7 nitrogen and oxygen atoms in total. The van der Waals surface area contributed by atoms with Gasteiger partial charge in [0.15, 0.2) is 11.9 Å². The van der Waals surface area contributed by atoms with E-state index in [4.69, 9.17) is 4.74 Å². The number of aromatic nitrogens is 3. The molecule has 4 aromatic rings. The van der Waals surface area contributed by atoms with Gasteiger partial charge in [-0.3, -0.25) is 4.79 Å². The molecule has 1 atom stereocenters. The molecule has 2 aromatic carbocycles. The average molecular weight is 433 g/mol. The summed E-state index contributed by atoms with van der Waals surface area (Å²) < 4.78 is 6.94. The first-order valence-electron chi connectivity index (χ1n) is 9.67. The van der Waals surface area contributed by atoms with E-state index < -0.39 is 18.0 Å². The predicted octanol–water partition coefficient (Wildman–Crippen LogP) is 4.49. The smallest absolute Gasteiger partial charge is 0.379 e. The lowest BCUT2D eigenvalue weighted by molar-refractivity contribution is -0.123. The van der Waals surface area contributed by atoms with Crippen LogP contribution in [0, 0.1) is 6.92 Å². The summed E-state index contributed by atoms with van der Waals surface area (Å²) in [6.45, 7) is 3.40. The second kappa shape index (κ2) is 8.93. The Balaban J connectivity index is 1.54. The number of carbonyl (C=O) groups excluding carboxylic acids is 2. The first-order valence-corrected chi connectivity index (χ1v) is 10.5. The van der Waals surface area contributed by atoms with Gasteiger partial charge in [0.1, 0.15) is 0 Å². The molecule has 31 heavy (non-hydrogen) atoms. The van der Waals surface area contributed by atoms with E-state index in [1.807, 2.05) is 73.0 Å². The molecule has 0 saturated carbocycles. The van der Waals surface area contributed by atoms with E-state index in [0.29, 0.717) is 11.5 Å². The van der Waals surface area contributed by atoms with Crippen molar-refractivity contribution in [2.75, 3.05) is 5.32 Å². The lowest BCUT2D eigenvalue weighted by Crippen LogP contribution is -2.30. The molecule has 1 N–H and O–H groups in total. The van der Waals surface area contributed by atoms with Crippen molar-refractivity contribution in [2.24, 2.45) is 0 Å². The summed E-state index contributed by atoms with van der Waals surface area (Å²) in [5.41, 5.74) is 2.35. The predicted molar refractivity (Wildman–Crippen MR) is 119 cm³/mol. The number of ether oxygens (including phenoxy) is 1. The molecule has 2 aromatic heterocycles. The van der Waals surface area contributed by atoms with E-state index in [1.165, 1.54) is 18.3 Å². The van der Waals surface area contributed by atoms with Crippen LogP contribution in [0.25, 0.3) is 16.4 Å². The van der Waals surface area contributed by atoms with Crippen LogP contribution in [0.4, 0.5) is 5.69 Å². The van der Waals surface area contributed by atoms with Gasteiger partial charge >= 0.3 is 5.97 Å². The van der Waals surface area contributed by atoms with E-state index in [9.17, 15) is 9.59 Å². The molecule has 0 radical (unpaired) electrons. The van der Waals surface area contributed by atoms with Gasteiger partial charge in [0, 0.05) is 5.69 Å². The van der Waals surface area contributed by atoms with E-state index in [-0.39, 0.29) is 5.82 Å². The van der Waals surface area contributed by atoms with E-state index >= 15 is 0 Å². The fourth-order valence-electron chi connectivity index (χ4n) is 2.93. The number of nitrogens with one attached hydrogen (secondary N) is 1. The van der Waals surface area contributed by atoms with Crippen molar-refractivity contribution in [2.45, 2.75) is 20.0 Å². The highest BCUT2D eigenvalue weighted by atomic mass is 32.1. The second-order valence-corrected chi connectivity index (χ2v) is 7.78. The monoisotopic (exact) mass is 432 g/mol. The fourth-order valence-corrected chi connectivity index (χ4v) is 3.63. The van der Waals surface area contributed by atoms with E-state index in [2.05, 4.69) is 15.4 Å². The Hall–Kier alpha value is -3.78. The zero-order valence-electron chi connectivity index (χ0n) is 17.0. The Morgan fingerprint density at radius 2 is 1.77 bits per heavy atom. The van der Waals surface area contributed by atoms with Crippen molar-refractivity contribution < 1.29 is 14.3 Å². The van der Waals surface area contributed by atoms with E-state index in [0.717, 1.165) is 16.1 Å². The number of thiophene rings is 1. The number of hydrogen-bond donors (Lipinski definition) is 1. The van der Waals surface area contributed by atoms with Crippen molar-refractivity contribution in [1.29, 1.82) is 0 Å². The van der Waals surface area contributed by atoms with Gasteiger partial charge < -0.3 is 10.1 Å². The highest BCUT2D eigenvalue weighted by Crippen LogP contribution is 2.25. The van der Waals surface area contributed by atoms with Crippen LogP contribution < -0.4 is 5.32 Å². The minimum absolute atomic E-state index is 0.109. The number of esters is 1. The zero-order chi connectivity index (χ0) is 21.8. The molecule has 4 rings (SSSR count). The zero-order valence-corrected chi connectivity index (χ0v) is 17.8. The summed E-state index contributed by atoms with van der Waals surface area (Å²) in [6.07, 6.45) is -1.01. The molecule has 0 spiro atoms. The summed E-state index contributed by atoms with van der Waals surface area (Å²) in [5, 5.41) is 9.05. The maximum atomic E-state index is 12.7. The van der Waals surface area contributed by atoms with Gasteiger partial charge in [-0.15, -0.1) is 16.4 Å². The lowest BCUT2D eigenvalue weighted by atomic mass is 10.2. The molecule has 0 aliphatic rings. The number of benzene rings is 2. The minimum Gasteiger partial charge on any atom is -0.447 e. The molecule has 1 unspecified atom stereocenters. The first-order chi connectivity index (χ1) is 15.0. The number of rotatable bonds is 6. The van der Waals surface area contributed by atoms with Crippen LogP contribution in [0.15, 0.2) is 72.1 Å². The summed E-state index contributed by atoms with van der Waals surface area (Å²) in [6, 6.07) is 20.6. The van der Waals surface area contributed by atoms with Crippen LogP contribution in [-0.2, 0) is 9.53 Å². The van der Waals surface area contributed by atoms with Crippen LogP contribution in [-0.4, -0.2) is 32.7 Å². The number of para-hydroxylation sites is 2. The summed E-state index contributed by atoms with van der Waals surface area (Å²) >= 11 is 1.49. The van der Waals surface area contributed by atoms with Gasteiger partial charge in [-0.25, -0.2) is 9.48 Å². The third-order valence-electron chi connectivity index (χ3n) is 4.59. The minimum atomic E-state index is -1.01. The van der Waals surface area contributed by atoms with Gasteiger partial charge in [0.2, 0.25) is 0 Å². The van der Waals surface area contributed by atoms with Crippen LogP contribution in [0.1, 0.15) is 23.1 Å². The summed E-state index contributed by atoms with van der Waals surface area (Å²) in [7, 11) is 0. The van der Waals surface area contributed by atoms with Gasteiger partial charge in [0.25, 0.3) is 11.7 Å².